The number of halogens is 1. The van der Waals surface area contributed by atoms with Crippen molar-refractivity contribution in [2.75, 3.05) is 0 Å². The lowest BCUT2D eigenvalue weighted by molar-refractivity contribution is 0.583. The normalized spacial score (nSPS) is 11.7. The van der Waals surface area contributed by atoms with Crippen LogP contribution < -0.4 is 4.72 Å². The Labute approximate surface area is 132 Å². The minimum atomic E-state index is -3.40. The molecule has 0 spiro atoms. The summed E-state index contributed by atoms with van der Waals surface area (Å²) in [6, 6.07) is 11.4. The van der Waals surface area contributed by atoms with E-state index in [2.05, 4.69) is 20.7 Å². The summed E-state index contributed by atoms with van der Waals surface area (Å²) < 4.78 is 27.3. The number of hydrogen-bond donors (Lipinski definition) is 1. The van der Waals surface area contributed by atoms with Crippen LogP contribution in [0.1, 0.15) is 22.9 Å². The SMILES string of the molecule is CCc1ccc(S(=O)(=O)NCc2ccc(CBr)cc2)s1. The first-order valence-corrected chi connectivity index (χ1v) is 9.69. The summed E-state index contributed by atoms with van der Waals surface area (Å²) >= 11 is 4.71. The summed E-state index contributed by atoms with van der Waals surface area (Å²) in [5, 5.41) is 0.800. The number of nitrogens with one attached hydrogen (secondary N) is 1. The topological polar surface area (TPSA) is 46.2 Å². The maximum atomic E-state index is 12.1. The van der Waals surface area contributed by atoms with Gasteiger partial charge in [-0.3, -0.25) is 0 Å². The molecule has 0 radical (unpaired) electrons. The summed E-state index contributed by atoms with van der Waals surface area (Å²) in [4.78, 5) is 1.08. The standard InChI is InChI=1S/C14H16BrNO2S2/c1-2-13-7-8-14(19-13)20(17,18)16-10-12-5-3-11(9-15)4-6-12/h3-8,16H,2,9-10H2,1H3. The van der Waals surface area contributed by atoms with Gasteiger partial charge in [-0.2, -0.15) is 0 Å². The Morgan fingerprint density at radius 3 is 2.30 bits per heavy atom. The molecule has 0 bridgehead atoms. The van der Waals surface area contributed by atoms with Crippen LogP contribution in [-0.4, -0.2) is 8.42 Å². The van der Waals surface area contributed by atoms with Crippen molar-refractivity contribution >= 4 is 37.3 Å². The van der Waals surface area contributed by atoms with E-state index in [0.29, 0.717) is 10.8 Å². The fourth-order valence-electron chi connectivity index (χ4n) is 1.69. The largest absolute Gasteiger partial charge is 0.250 e. The molecule has 2 rings (SSSR count). The first-order chi connectivity index (χ1) is 9.55. The molecule has 3 nitrogen and oxygen atoms in total. The highest BCUT2D eigenvalue weighted by Crippen LogP contribution is 2.22. The van der Waals surface area contributed by atoms with E-state index in [1.807, 2.05) is 37.3 Å². The Morgan fingerprint density at radius 2 is 1.75 bits per heavy atom. The van der Waals surface area contributed by atoms with Crippen molar-refractivity contribution in [1.82, 2.24) is 4.72 Å². The van der Waals surface area contributed by atoms with Gasteiger partial charge in [-0.05, 0) is 29.7 Å². The molecule has 0 aliphatic heterocycles. The van der Waals surface area contributed by atoms with E-state index < -0.39 is 10.0 Å². The number of aryl methyl sites for hydroxylation is 1. The molecular formula is C14H16BrNO2S2. The first kappa shape index (κ1) is 15.7. The van der Waals surface area contributed by atoms with E-state index in [0.717, 1.165) is 22.2 Å². The Hall–Kier alpha value is -0.690. The second-order valence-corrected chi connectivity index (χ2v) is 8.07. The fraction of sp³-hybridized carbons (Fsp3) is 0.286. The Bertz CT molecular complexity index is 663. The van der Waals surface area contributed by atoms with Gasteiger partial charge in [-0.1, -0.05) is 47.1 Å². The molecule has 2 aromatic rings. The van der Waals surface area contributed by atoms with Gasteiger partial charge in [-0.25, -0.2) is 13.1 Å². The van der Waals surface area contributed by atoms with Crippen molar-refractivity contribution in [3.63, 3.8) is 0 Å². The average molecular weight is 374 g/mol. The van der Waals surface area contributed by atoms with Gasteiger partial charge in [0, 0.05) is 16.8 Å². The van der Waals surface area contributed by atoms with Crippen molar-refractivity contribution < 1.29 is 8.42 Å². The predicted octanol–water partition coefficient (Wildman–Crippen LogP) is 3.68. The zero-order valence-corrected chi connectivity index (χ0v) is 14.3. The Balaban J connectivity index is 2.04. The minimum absolute atomic E-state index is 0.310. The third kappa shape index (κ3) is 3.91. The second-order valence-electron chi connectivity index (χ2n) is 4.35. The number of alkyl halides is 1. The van der Waals surface area contributed by atoms with Crippen LogP contribution in [0.3, 0.4) is 0 Å². The number of benzene rings is 1. The van der Waals surface area contributed by atoms with Gasteiger partial charge >= 0.3 is 0 Å². The van der Waals surface area contributed by atoms with Crippen LogP contribution in [0.25, 0.3) is 0 Å². The quantitative estimate of drug-likeness (QED) is 0.784. The lowest BCUT2D eigenvalue weighted by Gasteiger charge is -2.05. The van der Waals surface area contributed by atoms with Crippen LogP contribution in [0.5, 0.6) is 0 Å². The van der Waals surface area contributed by atoms with Gasteiger partial charge < -0.3 is 0 Å². The molecule has 20 heavy (non-hydrogen) atoms. The molecule has 1 aromatic heterocycles. The Kier molecular flexibility index (Phi) is 5.37. The van der Waals surface area contributed by atoms with E-state index in [1.165, 1.54) is 16.9 Å². The molecule has 0 unspecified atom stereocenters. The number of rotatable bonds is 6. The lowest BCUT2D eigenvalue weighted by atomic mass is 10.2. The van der Waals surface area contributed by atoms with Crippen LogP contribution in [0.4, 0.5) is 0 Å². The molecule has 0 aliphatic rings. The molecule has 0 saturated carbocycles. The smallest absolute Gasteiger partial charge is 0.206 e. The molecule has 0 atom stereocenters. The Morgan fingerprint density at radius 1 is 1.10 bits per heavy atom. The number of hydrogen-bond acceptors (Lipinski definition) is 3. The summed E-state index contributed by atoms with van der Waals surface area (Å²) in [5.74, 6) is 0. The van der Waals surface area contributed by atoms with E-state index in [1.54, 1.807) is 6.07 Å². The third-order valence-electron chi connectivity index (χ3n) is 2.89. The van der Waals surface area contributed by atoms with Crippen LogP contribution in [-0.2, 0) is 28.3 Å². The van der Waals surface area contributed by atoms with Gasteiger partial charge in [0.05, 0.1) is 0 Å². The summed E-state index contributed by atoms with van der Waals surface area (Å²) in [6.07, 6.45) is 0.855. The second kappa shape index (κ2) is 6.85. The van der Waals surface area contributed by atoms with E-state index in [4.69, 9.17) is 0 Å². The van der Waals surface area contributed by atoms with Gasteiger partial charge in [0.25, 0.3) is 0 Å². The fourth-order valence-corrected chi connectivity index (χ4v) is 4.42. The summed E-state index contributed by atoms with van der Waals surface area (Å²) in [5.41, 5.74) is 2.12. The molecular weight excluding hydrogens is 358 g/mol. The van der Waals surface area contributed by atoms with Gasteiger partial charge in [0.1, 0.15) is 4.21 Å². The molecule has 1 N–H and O–H groups in total. The van der Waals surface area contributed by atoms with E-state index >= 15 is 0 Å². The van der Waals surface area contributed by atoms with Crippen molar-refractivity contribution in [2.45, 2.75) is 29.4 Å². The molecule has 0 aliphatic carbocycles. The van der Waals surface area contributed by atoms with Crippen LogP contribution in [0.15, 0.2) is 40.6 Å². The summed E-state index contributed by atoms with van der Waals surface area (Å²) in [6.45, 7) is 2.32. The van der Waals surface area contributed by atoms with Gasteiger partial charge in [0.15, 0.2) is 0 Å². The predicted molar refractivity (Wildman–Crippen MR) is 86.8 cm³/mol. The van der Waals surface area contributed by atoms with E-state index in [9.17, 15) is 8.42 Å². The maximum Gasteiger partial charge on any atom is 0.250 e. The molecule has 1 aromatic carbocycles. The van der Waals surface area contributed by atoms with Crippen molar-refractivity contribution in [2.24, 2.45) is 0 Å². The zero-order valence-electron chi connectivity index (χ0n) is 11.1. The summed E-state index contributed by atoms with van der Waals surface area (Å²) in [7, 11) is -3.40. The number of thiophene rings is 1. The highest BCUT2D eigenvalue weighted by Gasteiger charge is 2.16. The maximum absolute atomic E-state index is 12.1. The molecule has 108 valence electrons. The average Bonchev–Trinajstić information content (AvgIpc) is 2.95. The number of sulfonamides is 1. The molecule has 0 fully saturated rings. The monoisotopic (exact) mass is 373 g/mol. The molecule has 1 heterocycles. The highest BCUT2D eigenvalue weighted by molar-refractivity contribution is 9.08. The highest BCUT2D eigenvalue weighted by atomic mass is 79.9. The first-order valence-electron chi connectivity index (χ1n) is 6.27. The minimum Gasteiger partial charge on any atom is -0.206 e. The third-order valence-corrected chi connectivity index (χ3v) is 6.66. The van der Waals surface area contributed by atoms with Crippen LogP contribution in [0, 0.1) is 0 Å². The zero-order chi connectivity index (χ0) is 14.6. The van der Waals surface area contributed by atoms with Crippen molar-refractivity contribution in [3.05, 3.63) is 52.4 Å². The van der Waals surface area contributed by atoms with Crippen molar-refractivity contribution in [3.8, 4) is 0 Å². The van der Waals surface area contributed by atoms with Crippen LogP contribution >= 0.6 is 27.3 Å². The van der Waals surface area contributed by atoms with E-state index in [-0.39, 0.29) is 0 Å². The van der Waals surface area contributed by atoms with Crippen molar-refractivity contribution in [1.29, 1.82) is 0 Å². The molecule has 6 heteroatoms. The van der Waals surface area contributed by atoms with Gasteiger partial charge in [-0.15, -0.1) is 11.3 Å². The van der Waals surface area contributed by atoms with Gasteiger partial charge in [0.2, 0.25) is 10.0 Å². The van der Waals surface area contributed by atoms with Crippen LogP contribution in [0.2, 0.25) is 0 Å². The lowest BCUT2D eigenvalue weighted by Crippen LogP contribution is -2.22. The molecule has 0 saturated heterocycles. The molecule has 0 amide bonds.